The minimum atomic E-state index is -0.0760. The molecule has 1 aromatic heterocycles. The summed E-state index contributed by atoms with van der Waals surface area (Å²) in [6.45, 7) is 2.26. The molecule has 182 valence electrons. The van der Waals surface area contributed by atoms with Gasteiger partial charge in [0.1, 0.15) is 5.75 Å². The summed E-state index contributed by atoms with van der Waals surface area (Å²) in [6.07, 6.45) is 9.74. The summed E-state index contributed by atoms with van der Waals surface area (Å²) in [5.74, 6) is 1.40. The average Bonchev–Trinajstić information content (AvgIpc) is 3.08. The van der Waals surface area contributed by atoms with Crippen LogP contribution in [0.4, 0.5) is 4.79 Å². The molecule has 0 radical (unpaired) electrons. The molecule has 0 atom stereocenters. The van der Waals surface area contributed by atoms with Crippen molar-refractivity contribution in [1.29, 1.82) is 0 Å². The van der Waals surface area contributed by atoms with Gasteiger partial charge in [-0.1, -0.05) is 36.8 Å². The summed E-state index contributed by atoms with van der Waals surface area (Å²) in [4.78, 5) is 25.0. The van der Waals surface area contributed by atoms with Crippen LogP contribution in [0, 0.1) is 5.92 Å². The molecule has 1 spiro atoms. The molecular weight excluding hydrogens is 424 g/mol. The van der Waals surface area contributed by atoms with E-state index in [0.29, 0.717) is 12.5 Å². The predicted octanol–water partition coefficient (Wildman–Crippen LogP) is 4.90. The monoisotopic (exact) mass is 462 g/mol. The molecule has 2 amide bonds. The summed E-state index contributed by atoms with van der Waals surface area (Å²) in [7, 11) is 6.06. The molecule has 1 aliphatic heterocycles. The van der Waals surface area contributed by atoms with Crippen molar-refractivity contribution in [3.63, 3.8) is 0 Å². The molecule has 1 saturated heterocycles. The summed E-state index contributed by atoms with van der Waals surface area (Å²) in [5, 5.41) is 0. The molecule has 1 aromatic carbocycles. The minimum Gasteiger partial charge on any atom is -0.495 e. The molecule has 2 saturated carbocycles. The maximum atomic E-state index is 13.7. The summed E-state index contributed by atoms with van der Waals surface area (Å²) >= 11 is 0. The fourth-order valence-corrected chi connectivity index (χ4v) is 6.33. The highest BCUT2D eigenvalue weighted by molar-refractivity contribution is 5.78. The number of methoxy groups -OCH3 is 1. The third kappa shape index (κ3) is 4.06. The Hall–Kier alpha value is -2.60. The van der Waals surface area contributed by atoms with Gasteiger partial charge < -0.3 is 14.5 Å². The lowest BCUT2D eigenvalue weighted by molar-refractivity contribution is 0.0159. The van der Waals surface area contributed by atoms with Crippen LogP contribution in [0.25, 0.3) is 0 Å². The van der Waals surface area contributed by atoms with E-state index in [9.17, 15) is 4.79 Å². The van der Waals surface area contributed by atoms with Crippen LogP contribution >= 0.6 is 0 Å². The van der Waals surface area contributed by atoms with Gasteiger partial charge in [0.2, 0.25) is 0 Å². The van der Waals surface area contributed by atoms with Gasteiger partial charge in [-0.05, 0) is 76.2 Å². The van der Waals surface area contributed by atoms with E-state index in [1.165, 1.54) is 24.8 Å². The molecule has 0 bridgehead atoms. The Morgan fingerprint density at radius 2 is 1.79 bits per heavy atom. The second kappa shape index (κ2) is 9.21. The zero-order valence-corrected chi connectivity index (χ0v) is 20.9. The van der Waals surface area contributed by atoms with Gasteiger partial charge in [-0.2, -0.15) is 0 Å². The maximum absolute atomic E-state index is 13.7. The highest BCUT2D eigenvalue weighted by Crippen LogP contribution is 2.49. The Balaban J connectivity index is 1.38. The van der Waals surface area contributed by atoms with E-state index >= 15 is 0 Å². The van der Waals surface area contributed by atoms with Crippen molar-refractivity contribution >= 4 is 6.03 Å². The second-order valence-corrected chi connectivity index (χ2v) is 10.8. The topological polar surface area (TPSA) is 48.9 Å². The number of hydrogen-bond acceptors (Lipinski definition) is 4. The van der Waals surface area contributed by atoms with Gasteiger partial charge in [0.05, 0.1) is 31.1 Å². The molecule has 0 unspecified atom stereocenters. The third-order valence-corrected chi connectivity index (χ3v) is 8.79. The number of urea groups is 1. The molecule has 2 aromatic rings. The third-order valence-electron chi connectivity index (χ3n) is 8.79. The van der Waals surface area contributed by atoms with Gasteiger partial charge in [-0.25, -0.2) is 4.79 Å². The van der Waals surface area contributed by atoms with Crippen molar-refractivity contribution in [3.8, 4) is 5.75 Å². The van der Waals surface area contributed by atoms with Crippen LogP contribution in [0.15, 0.2) is 48.7 Å². The zero-order valence-electron chi connectivity index (χ0n) is 20.9. The lowest BCUT2D eigenvalue weighted by atomic mass is 9.68. The first-order valence-electron chi connectivity index (χ1n) is 12.7. The molecular formula is C28H38N4O2. The van der Waals surface area contributed by atoms with Crippen molar-refractivity contribution in [2.75, 3.05) is 34.3 Å². The van der Waals surface area contributed by atoms with E-state index in [0.717, 1.165) is 50.2 Å². The van der Waals surface area contributed by atoms with E-state index in [1.807, 2.05) is 17.0 Å². The predicted molar refractivity (Wildman–Crippen MR) is 134 cm³/mol. The molecule has 2 heterocycles. The molecule has 34 heavy (non-hydrogen) atoms. The minimum absolute atomic E-state index is 0.0304. The van der Waals surface area contributed by atoms with Gasteiger partial charge in [-0.3, -0.25) is 9.88 Å². The smallest absolute Gasteiger partial charge is 0.320 e. The summed E-state index contributed by atoms with van der Waals surface area (Å²) in [6, 6.07) is 15.0. The van der Waals surface area contributed by atoms with Crippen LogP contribution in [-0.2, 0) is 12.1 Å². The first-order chi connectivity index (χ1) is 16.5. The number of hydrogen-bond donors (Lipinski definition) is 0. The van der Waals surface area contributed by atoms with Crippen molar-refractivity contribution in [3.05, 3.63) is 59.9 Å². The highest BCUT2D eigenvalue weighted by Gasteiger charge is 2.54. The van der Waals surface area contributed by atoms with E-state index in [-0.39, 0.29) is 17.1 Å². The van der Waals surface area contributed by atoms with Crippen LogP contribution in [0.1, 0.15) is 56.2 Å². The molecule has 2 aliphatic carbocycles. The fourth-order valence-electron chi connectivity index (χ4n) is 6.33. The van der Waals surface area contributed by atoms with Crippen molar-refractivity contribution in [2.24, 2.45) is 5.92 Å². The number of rotatable bonds is 7. The van der Waals surface area contributed by atoms with Crippen molar-refractivity contribution in [2.45, 2.75) is 62.6 Å². The highest BCUT2D eigenvalue weighted by atomic mass is 16.5. The molecule has 3 aliphatic rings. The Bertz CT molecular complexity index is 979. The molecule has 6 heteroatoms. The number of aromatic nitrogens is 1. The zero-order chi connectivity index (χ0) is 23.8. The molecule has 3 fully saturated rings. The Morgan fingerprint density at radius 3 is 2.35 bits per heavy atom. The first-order valence-corrected chi connectivity index (χ1v) is 12.7. The average molecular weight is 463 g/mol. The summed E-state index contributed by atoms with van der Waals surface area (Å²) in [5.41, 5.74) is 2.26. The Morgan fingerprint density at radius 1 is 1.06 bits per heavy atom. The molecule has 5 rings (SSSR count). The summed E-state index contributed by atoms with van der Waals surface area (Å²) < 4.78 is 5.25. The standard InChI is InChI=1S/C28H38N4O2/c1-30(2)28(23-10-5-4-6-11-23)16-14-27(15-17-28)21-31(20-24-12-13-25(34-3)18-29-24)26(33)32(27)19-22-8-7-9-22/h4-6,10-13,18,22H,7-9,14-17,19-21H2,1-3H3. The van der Waals surface area contributed by atoms with E-state index in [4.69, 9.17) is 4.74 Å². The van der Waals surface area contributed by atoms with E-state index in [2.05, 4.69) is 59.2 Å². The van der Waals surface area contributed by atoms with Crippen LogP contribution < -0.4 is 4.74 Å². The number of carbonyl (C=O) groups is 1. The number of ether oxygens (including phenoxy) is 1. The first kappa shape index (κ1) is 23.2. The lowest BCUT2D eigenvalue weighted by Crippen LogP contribution is -2.56. The van der Waals surface area contributed by atoms with Crippen LogP contribution in [0.3, 0.4) is 0 Å². The van der Waals surface area contributed by atoms with Crippen LogP contribution in [-0.4, -0.2) is 65.5 Å². The lowest BCUT2D eigenvalue weighted by Gasteiger charge is -2.51. The van der Waals surface area contributed by atoms with E-state index in [1.54, 1.807) is 13.3 Å². The number of amides is 2. The largest absolute Gasteiger partial charge is 0.495 e. The van der Waals surface area contributed by atoms with Gasteiger partial charge in [0, 0.05) is 18.6 Å². The van der Waals surface area contributed by atoms with Crippen LogP contribution in [0.2, 0.25) is 0 Å². The second-order valence-electron chi connectivity index (χ2n) is 10.8. The quantitative estimate of drug-likeness (QED) is 0.587. The van der Waals surface area contributed by atoms with Gasteiger partial charge in [-0.15, -0.1) is 0 Å². The van der Waals surface area contributed by atoms with Crippen molar-refractivity contribution in [1.82, 2.24) is 19.7 Å². The fraction of sp³-hybridized carbons (Fsp3) is 0.571. The number of benzene rings is 1. The van der Waals surface area contributed by atoms with Gasteiger partial charge >= 0.3 is 6.03 Å². The Labute approximate surface area is 203 Å². The van der Waals surface area contributed by atoms with Gasteiger partial charge in [0.25, 0.3) is 0 Å². The van der Waals surface area contributed by atoms with Crippen LogP contribution in [0.5, 0.6) is 5.75 Å². The van der Waals surface area contributed by atoms with E-state index < -0.39 is 0 Å². The normalized spacial score (nSPS) is 27.5. The number of nitrogens with zero attached hydrogens (tertiary/aromatic N) is 4. The molecule has 6 nitrogen and oxygen atoms in total. The molecule has 0 N–H and O–H groups in total. The Kier molecular flexibility index (Phi) is 6.28. The number of carbonyl (C=O) groups excluding carboxylic acids is 1. The number of pyridine rings is 1. The van der Waals surface area contributed by atoms with Gasteiger partial charge in [0.15, 0.2) is 0 Å². The SMILES string of the molecule is COc1ccc(CN2CC3(CCC(c4ccccc4)(N(C)C)CC3)N(CC3CCC3)C2=O)nc1. The van der Waals surface area contributed by atoms with Crippen molar-refractivity contribution < 1.29 is 9.53 Å². The maximum Gasteiger partial charge on any atom is 0.320 e.